The monoisotopic (exact) mass is 579 g/mol. The van der Waals surface area contributed by atoms with E-state index in [-0.39, 0.29) is 46.6 Å². The Morgan fingerprint density at radius 2 is 1.90 bits per heavy atom. The van der Waals surface area contributed by atoms with Gasteiger partial charge in [0.15, 0.2) is 11.6 Å². The first-order valence-electron chi connectivity index (χ1n) is 13.7. The van der Waals surface area contributed by atoms with Gasteiger partial charge in [-0.25, -0.2) is 13.8 Å². The van der Waals surface area contributed by atoms with Crippen LogP contribution in [-0.4, -0.2) is 70.1 Å². The zero-order valence-corrected chi connectivity index (χ0v) is 25.3. The molecular formula is C31H39F2N7O2. The number of rotatable bonds is 8. The molecule has 2 aromatic rings. The molecule has 0 saturated carbocycles. The topological polar surface area (TPSA) is 108 Å². The Morgan fingerprint density at radius 3 is 2.38 bits per heavy atom. The highest BCUT2D eigenvalue weighted by atomic mass is 19.1. The summed E-state index contributed by atoms with van der Waals surface area (Å²) in [6, 6.07) is 2.46. The summed E-state index contributed by atoms with van der Waals surface area (Å²) in [5.41, 5.74) is 6.98. The van der Waals surface area contributed by atoms with Crippen LogP contribution in [-0.2, 0) is 9.59 Å². The van der Waals surface area contributed by atoms with Crippen LogP contribution >= 0.6 is 0 Å². The zero-order valence-electron chi connectivity index (χ0n) is 25.3. The Balaban J connectivity index is 2.37. The Morgan fingerprint density at radius 1 is 1.29 bits per heavy atom. The van der Waals surface area contributed by atoms with E-state index in [0.29, 0.717) is 36.7 Å². The molecule has 2 unspecified atom stereocenters. The maximum atomic E-state index is 15.9. The molecule has 2 aromatic heterocycles. The second-order valence-electron chi connectivity index (χ2n) is 10.7. The van der Waals surface area contributed by atoms with Crippen LogP contribution in [0.15, 0.2) is 54.1 Å². The molecule has 224 valence electrons. The number of aliphatic imine (C=N–C) groups is 1. The number of nitrogens with two attached hydrogens (primary N) is 1. The number of allylic oxidation sites excluding steroid dienone is 2. The Labute approximate surface area is 246 Å². The van der Waals surface area contributed by atoms with Gasteiger partial charge in [0.25, 0.3) is 0 Å². The quantitative estimate of drug-likeness (QED) is 0.155. The Bertz CT molecular complexity index is 1450. The smallest absolute Gasteiger partial charge is 0.246 e. The first kappa shape index (κ1) is 32.1. The Hall–Kier alpha value is -4.41. The minimum absolute atomic E-state index is 0.0176. The van der Waals surface area contributed by atoms with Gasteiger partial charge in [-0.05, 0) is 57.4 Å². The number of amides is 2. The molecule has 0 bridgehead atoms. The summed E-state index contributed by atoms with van der Waals surface area (Å²) in [4.78, 5) is 43.8. The lowest BCUT2D eigenvalue weighted by atomic mass is 10.0. The van der Waals surface area contributed by atoms with Crippen molar-refractivity contribution in [3.05, 3.63) is 77.4 Å². The fourth-order valence-electron chi connectivity index (χ4n) is 5.48. The molecule has 2 atom stereocenters. The first-order chi connectivity index (χ1) is 19.8. The van der Waals surface area contributed by atoms with E-state index >= 15 is 4.39 Å². The largest absolute Gasteiger partial charge is 0.399 e. The summed E-state index contributed by atoms with van der Waals surface area (Å²) in [5, 5.41) is 0. The predicted molar refractivity (Wildman–Crippen MR) is 162 cm³/mol. The second kappa shape index (κ2) is 13.1. The van der Waals surface area contributed by atoms with Crippen LogP contribution in [0.2, 0.25) is 0 Å². The number of carbonyl (C=O) groups excluding carboxylic acids is 2. The van der Waals surface area contributed by atoms with Gasteiger partial charge in [0.2, 0.25) is 12.3 Å². The third kappa shape index (κ3) is 6.09. The summed E-state index contributed by atoms with van der Waals surface area (Å²) in [6.45, 7) is 18.6. The van der Waals surface area contributed by atoms with Gasteiger partial charge in [-0.3, -0.25) is 24.5 Å². The van der Waals surface area contributed by atoms with Crippen molar-refractivity contribution < 1.29 is 18.4 Å². The second-order valence-corrected chi connectivity index (χ2v) is 10.7. The number of carbonyl (C=O) groups is 2. The molecule has 1 aliphatic heterocycles. The number of aromatic nitrogens is 2. The molecule has 0 radical (unpaired) electrons. The SMILES string of the molecule is C=CC(=O)N1CC(C)N(/C(=N/C)c2cc(F)c(/C(C(=C)N)=C(/C)F)nc2N(C=O)c2c(C)ccnc2C(C)C)C(C)C1. The highest BCUT2D eigenvalue weighted by Gasteiger charge is 2.36. The highest BCUT2D eigenvalue weighted by molar-refractivity contribution is 6.07. The Kier molecular flexibility index (Phi) is 9.98. The number of hydrogen-bond donors (Lipinski definition) is 1. The third-order valence-corrected chi connectivity index (χ3v) is 7.24. The van der Waals surface area contributed by atoms with Gasteiger partial charge in [0, 0.05) is 44.1 Å². The van der Waals surface area contributed by atoms with E-state index in [1.807, 2.05) is 39.5 Å². The number of anilines is 2. The molecule has 0 spiro atoms. The average molecular weight is 580 g/mol. The number of piperazine rings is 1. The molecule has 42 heavy (non-hydrogen) atoms. The number of pyridine rings is 2. The average Bonchev–Trinajstić information content (AvgIpc) is 2.92. The highest BCUT2D eigenvalue weighted by Crippen LogP contribution is 2.37. The summed E-state index contributed by atoms with van der Waals surface area (Å²) in [7, 11) is 1.56. The number of halogens is 2. The molecule has 2 N–H and O–H groups in total. The van der Waals surface area contributed by atoms with Crippen molar-refractivity contribution in [3.8, 4) is 0 Å². The summed E-state index contributed by atoms with van der Waals surface area (Å²) in [6.07, 6.45) is 3.50. The van der Waals surface area contributed by atoms with Crippen molar-refractivity contribution >= 4 is 35.2 Å². The van der Waals surface area contributed by atoms with E-state index in [2.05, 4.69) is 28.1 Å². The van der Waals surface area contributed by atoms with Gasteiger partial charge in [0.1, 0.15) is 17.4 Å². The van der Waals surface area contributed by atoms with E-state index in [1.54, 1.807) is 24.2 Å². The van der Waals surface area contributed by atoms with Crippen molar-refractivity contribution in [1.82, 2.24) is 19.8 Å². The molecule has 0 aromatic carbocycles. The molecule has 11 heteroatoms. The number of amidine groups is 1. The zero-order chi connectivity index (χ0) is 31.5. The number of hydrogen-bond acceptors (Lipinski definition) is 6. The van der Waals surface area contributed by atoms with Crippen molar-refractivity contribution in [3.63, 3.8) is 0 Å². The normalized spacial score (nSPS) is 18.1. The van der Waals surface area contributed by atoms with Crippen LogP contribution < -0.4 is 10.6 Å². The minimum atomic E-state index is -0.868. The van der Waals surface area contributed by atoms with Crippen molar-refractivity contribution in [1.29, 1.82) is 0 Å². The standard InChI is InChI=1S/C31H39F2N7O2/c1-10-25(42)38-14-19(5)40(20(6)15-38)30(35-9)23-13-24(33)28(26(21(7)32)22(8)34)37-31(23)39(16-41)29-18(4)11-12-36-27(29)17(2)3/h10-13,16-17,19-20H,1,8,14-15,34H2,2-7,9H3/b26-21-,35-30+. The number of nitrogens with zero attached hydrogens (tertiary/aromatic N) is 6. The summed E-state index contributed by atoms with van der Waals surface area (Å²) in [5.74, 6) is -1.55. The summed E-state index contributed by atoms with van der Waals surface area (Å²) >= 11 is 0. The molecule has 1 aliphatic rings. The maximum absolute atomic E-state index is 15.9. The fraction of sp³-hybridized carbons (Fsp3) is 0.387. The van der Waals surface area contributed by atoms with Gasteiger partial charge in [0.05, 0.1) is 22.5 Å². The minimum Gasteiger partial charge on any atom is -0.399 e. The van der Waals surface area contributed by atoms with Gasteiger partial charge in [-0.1, -0.05) is 27.0 Å². The maximum Gasteiger partial charge on any atom is 0.246 e. The van der Waals surface area contributed by atoms with E-state index in [4.69, 9.17) is 5.73 Å². The van der Waals surface area contributed by atoms with Crippen molar-refractivity contribution in [2.45, 2.75) is 59.5 Å². The molecular weight excluding hydrogens is 540 g/mol. The molecule has 9 nitrogen and oxygen atoms in total. The van der Waals surface area contributed by atoms with Crippen LogP contribution in [0.3, 0.4) is 0 Å². The first-order valence-corrected chi connectivity index (χ1v) is 13.7. The van der Waals surface area contributed by atoms with Gasteiger partial charge >= 0.3 is 0 Å². The van der Waals surface area contributed by atoms with Crippen LogP contribution in [0.25, 0.3) is 5.57 Å². The molecule has 3 rings (SSSR count). The van der Waals surface area contributed by atoms with Crippen molar-refractivity contribution in [2.75, 3.05) is 25.0 Å². The lowest BCUT2D eigenvalue weighted by Crippen LogP contribution is -2.59. The van der Waals surface area contributed by atoms with E-state index in [1.165, 1.54) is 17.0 Å². The predicted octanol–water partition coefficient (Wildman–Crippen LogP) is 5.00. The van der Waals surface area contributed by atoms with Crippen LogP contribution in [0.5, 0.6) is 0 Å². The fourth-order valence-corrected chi connectivity index (χ4v) is 5.48. The lowest BCUT2D eigenvalue weighted by molar-refractivity contribution is -0.129. The van der Waals surface area contributed by atoms with E-state index < -0.39 is 17.3 Å². The van der Waals surface area contributed by atoms with Crippen LogP contribution in [0, 0.1) is 12.7 Å². The van der Waals surface area contributed by atoms with Gasteiger partial charge < -0.3 is 15.5 Å². The number of aryl methyl sites for hydroxylation is 1. The third-order valence-electron chi connectivity index (χ3n) is 7.24. The van der Waals surface area contributed by atoms with Crippen LogP contribution in [0.4, 0.5) is 20.3 Å². The lowest BCUT2D eigenvalue weighted by Gasteiger charge is -2.46. The van der Waals surface area contributed by atoms with E-state index in [9.17, 15) is 14.0 Å². The van der Waals surface area contributed by atoms with Gasteiger partial charge in [-0.2, -0.15) is 0 Å². The molecule has 0 aliphatic carbocycles. The van der Waals surface area contributed by atoms with Crippen LogP contribution in [0.1, 0.15) is 63.1 Å². The van der Waals surface area contributed by atoms with Crippen molar-refractivity contribution in [2.24, 2.45) is 10.7 Å². The molecule has 2 amide bonds. The molecule has 3 heterocycles. The summed E-state index contributed by atoms with van der Waals surface area (Å²) < 4.78 is 30.6. The van der Waals surface area contributed by atoms with Gasteiger partial charge in [-0.15, -0.1) is 0 Å². The molecule has 1 fully saturated rings. The molecule has 1 saturated heterocycles. The van der Waals surface area contributed by atoms with E-state index in [0.717, 1.165) is 12.5 Å².